The van der Waals surface area contributed by atoms with E-state index < -0.39 is 0 Å². The summed E-state index contributed by atoms with van der Waals surface area (Å²) in [6.07, 6.45) is 1.78. The van der Waals surface area contributed by atoms with Crippen LogP contribution in [0.15, 0.2) is 36.0 Å². The predicted octanol–water partition coefficient (Wildman–Crippen LogP) is 1.36. The van der Waals surface area contributed by atoms with E-state index >= 15 is 0 Å². The zero-order valence-electron chi connectivity index (χ0n) is 10.0. The lowest BCUT2D eigenvalue weighted by atomic mass is 10.1. The van der Waals surface area contributed by atoms with Crippen molar-refractivity contribution in [2.75, 3.05) is 20.2 Å². The molecule has 0 saturated carbocycles. The van der Waals surface area contributed by atoms with Gasteiger partial charge in [-0.1, -0.05) is 12.6 Å². The molecule has 0 bridgehead atoms. The van der Waals surface area contributed by atoms with Crippen LogP contribution in [0.4, 0.5) is 0 Å². The van der Waals surface area contributed by atoms with Crippen molar-refractivity contribution in [3.8, 4) is 5.75 Å². The first-order valence-corrected chi connectivity index (χ1v) is 5.62. The van der Waals surface area contributed by atoms with E-state index in [-0.39, 0.29) is 0 Å². The average molecular weight is 231 g/mol. The molecule has 1 aromatic rings. The van der Waals surface area contributed by atoms with Gasteiger partial charge in [0.2, 0.25) is 0 Å². The van der Waals surface area contributed by atoms with Crippen LogP contribution in [-0.4, -0.2) is 30.9 Å². The van der Waals surface area contributed by atoms with Gasteiger partial charge in [-0.2, -0.15) is 0 Å². The monoisotopic (exact) mass is 231 g/mol. The molecule has 1 aliphatic rings. The topological polar surface area (TPSA) is 50.9 Å². The molecule has 0 spiro atoms. The summed E-state index contributed by atoms with van der Waals surface area (Å²) in [5, 5.41) is 0. The molecule has 1 aliphatic heterocycles. The highest BCUT2D eigenvalue weighted by Crippen LogP contribution is 2.25. The average Bonchev–Trinajstić information content (AvgIpc) is 2.55. The van der Waals surface area contributed by atoms with Crippen molar-refractivity contribution in [2.45, 2.75) is 6.54 Å². The molecule has 4 heteroatoms. The van der Waals surface area contributed by atoms with Crippen LogP contribution in [0.25, 0.3) is 0 Å². The van der Waals surface area contributed by atoms with Gasteiger partial charge in [0.15, 0.2) is 0 Å². The summed E-state index contributed by atoms with van der Waals surface area (Å²) in [5.74, 6) is 1.73. The summed E-state index contributed by atoms with van der Waals surface area (Å²) >= 11 is 0. The fourth-order valence-electron chi connectivity index (χ4n) is 1.94. The Balaban J connectivity index is 2.49. The van der Waals surface area contributed by atoms with Gasteiger partial charge >= 0.3 is 0 Å². The zero-order valence-corrected chi connectivity index (χ0v) is 10.0. The number of nitrogens with zero attached hydrogens (tertiary/aromatic N) is 2. The maximum Gasteiger partial charge on any atom is 0.138 e. The summed E-state index contributed by atoms with van der Waals surface area (Å²) in [5.41, 5.74) is 7.68. The smallest absolute Gasteiger partial charge is 0.138 e. The molecule has 1 heterocycles. The molecule has 0 saturated heterocycles. The van der Waals surface area contributed by atoms with Crippen molar-refractivity contribution >= 4 is 5.84 Å². The second-order valence-corrected chi connectivity index (χ2v) is 3.81. The molecule has 0 amide bonds. The second kappa shape index (κ2) is 5.01. The first kappa shape index (κ1) is 11.7. The third-order valence-electron chi connectivity index (χ3n) is 2.82. The normalized spacial score (nSPS) is 17.3. The third-order valence-corrected chi connectivity index (χ3v) is 2.82. The van der Waals surface area contributed by atoms with Gasteiger partial charge < -0.3 is 15.4 Å². The number of hydrogen-bond acceptors (Lipinski definition) is 3. The van der Waals surface area contributed by atoms with E-state index in [1.807, 2.05) is 23.1 Å². The number of fused-ring (bicyclic) bond motifs is 1. The minimum absolute atomic E-state index is 0.514. The van der Waals surface area contributed by atoms with Gasteiger partial charge in [-0.25, -0.2) is 0 Å². The Bertz CT molecular complexity index is 454. The number of aliphatic imine (C=N–C) groups is 1. The third kappa shape index (κ3) is 2.17. The molecule has 0 aromatic heterocycles. The number of rotatable bonds is 2. The summed E-state index contributed by atoms with van der Waals surface area (Å²) < 4.78 is 5.73. The van der Waals surface area contributed by atoms with Gasteiger partial charge in [-0.05, 0) is 23.9 Å². The highest BCUT2D eigenvalue weighted by molar-refractivity contribution is 6.02. The van der Waals surface area contributed by atoms with Crippen LogP contribution < -0.4 is 10.5 Å². The number of nitrogens with two attached hydrogens (primary N) is 1. The Hall–Kier alpha value is -1.81. The number of amidine groups is 1. The van der Waals surface area contributed by atoms with E-state index in [0.29, 0.717) is 13.2 Å². The summed E-state index contributed by atoms with van der Waals surface area (Å²) in [7, 11) is 1.78. The SMILES string of the molecule is C=CN1CCOc2cc(CN)ccc2C1=NC. The van der Waals surface area contributed by atoms with Crippen LogP contribution in [0.5, 0.6) is 5.75 Å². The first-order chi connectivity index (χ1) is 8.30. The van der Waals surface area contributed by atoms with E-state index in [9.17, 15) is 0 Å². The van der Waals surface area contributed by atoms with Crippen molar-refractivity contribution in [1.29, 1.82) is 0 Å². The van der Waals surface area contributed by atoms with Crippen LogP contribution in [0.1, 0.15) is 11.1 Å². The minimum atomic E-state index is 0.514. The maximum absolute atomic E-state index is 5.73. The van der Waals surface area contributed by atoms with Crippen molar-refractivity contribution in [1.82, 2.24) is 4.90 Å². The summed E-state index contributed by atoms with van der Waals surface area (Å²) in [6.45, 7) is 5.68. The van der Waals surface area contributed by atoms with Crippen molar-refractivity contribution in [3.05, 3.63) is 42.1 Å². The van der Waals surface area contributed by atoms with Gasteiger partial charge in [0, 0.05) is 13.6 Å². The molecule has 0 unspecified atom stereocenters. The zero-order chi connectivity index (χ0) is 12.3. The lowest BCUT2D eigenvalue weighted by molar-refractivity contribution is 0.301. The van der Waals surface area contributed by atoms with Gasteiger partial charge in [0.05, 0.1) is 12.1 Å². The van der Waals surface area contributed by atoms with E-state index in [0.717, 1.165) is 29.3 Å². The molecule has 1 aromatic carbocycles. The molecule has 90 valence electrons. The number of benzene rings is 1. The fourth-order valence-corrected chi connectivity index (χ4v) is 1.94. The highest BCUT2D eigenvalue weighted by Gasteiger charge is 2.19. The van der Waals surface area contributed by atoms with Gasteiger partial charge in [0.25, 0.3) is 0 Å². The Morgan fingerprint density at radius 3 is 3.06 bits per heavy atom. The van der Waals surface area contributed by atoms with Crippen LogP contribution in [0.2, 0.25) is 0 Å². The Morgan fingerprint density at radius 1 is 1.59 bits per heavy atom. The minimum Gasteiger partial charge on any atom is -0.491 e. The van der Waals surface area contributed by atoms with Crippen molar-refractivity contribution in [3.63, 3.8) is 0 Å². The van der Waals surface area contributed by atoms with Gasteiger partial charge in [-0.15, -0.1) is 0 Å². The lowest BCUT2D eigenvalue weighted by Crippen LogP contribution is -2.27. The molecule has 17 heavy (non-hydrogen) atoms. The molecule has 2 rings (SSSR count). The summed E-state index contributed by atoms with van der Waals surface area (Å²) in [6, 6.07) is 5.98. The molecular weight excluding hydrogens is 214 g/mol. The predicted molar refractivity (Wildman–Crippen MR) is 69.2 cm³/mol. The fraction of sp³-hybridized carbons (Fsp3) is 0.308. The lowest BCUT2D eigenvalue weighted by Gasteiger charge is -2.18. The second-order valence-electron chi connectivity index (χ2n) is 3.81. The first-order valence-electron chi connectivity index (χ1n) is 5.62. The van der Waals surface area contributed by atoms with E-state index in [1.165, 1.54) is 0 Å². The number of hydrogen-bond donors (Lipinski definition) is 1. The van der Waals surface area contributed by atoms with Crippen LogP contribution in [0.3, 0.4) is 0 Å². The summed E-state index contributed by atoms with van der Waals surface area (Å²) in [4.78, 5) is 6.31. The van der Waals surface area contributed by atoms with Crippen LogP contribution in [0, 0.1) is 0 Å². The number of ether oxygens (including phenoxy) is 1. The molecule has 0 aliphatic carbocycles. The molecule has 0 radical (unpaired) electrons. The maximum atomic E-state index is 5.73. The van der Waals surface area contributed by atoms with E-state index in [4.69, 9.17) is 10.5 Å². The molecule has 4 nitrogen and oxygen atoms in total. The Labute approximate surface area is 101 Å². The molecular formula is C13H17N3O. The Kier molecular flexibility index (Phi) is 3.44. The van der Waals surface area contributed by atoms with Crippen LogP contribution in [-0.2, 0) is 6.54 Å². The Morgan fingerprint density at radius 2 is 2.41 bits per heavy atom. The quantitative estimate of drug-likeness (QED) is 0.836. The van der Waals surface area contributed by atoms with Gasteiger partial charge in [0.1, 0.15) is 18.2 Å². The van der Waals surface area contributed by atoms with Gasteiger partial charge in [-0.3, -0.25) is 4.99 Å². The van der Waals surface area contributed by atoms with Crippen molar-refractivity contribution < 1.29 is 4.74 Å². The van der Waals surface area contributed by atoms with Crippen LogP contribution >= 0.6 is 0 Å². The molecule has 0 atom stereocenters. The standard InChI is InChI=1S/C13H17N3O/c1-3-16-6-7-17-12-8-10(9-14)4-5-11(12)13(16)15-2/h3-5,8H,1,6-7,9,14H2,2H3. The van der Waals surface area contributed by atoms with E-state index in [1.54, 1.807) is 13.2 Å². The largest absolute Gasteiger partial charge is 0.491 e. The molecule has 2 N–H and O–H groups in total. The highest BCUT2D eigenvalue weighted by atomic mass is 16.5. The van der Waals surface area contributed by atoms with E-state index in [2.05, 4.69) is 11.6 Å². The molecule has 0 fully saturated rings. The van der Waals surface area contributed by atoms with Crippen molar-refractivity contribution in [2.24, 2.45) is 10.7 Å².